The topological polar surface area (TPSA) is 92.8 Å². The maximum absolute atomic E-state index is 13.6. The average Bonchev–Trinajstić information content (AvgIpc) is 3.46. The van der Waals surface area contributed by atoms with Crippen molar-refractivity contribution in [1.29, 1.82) is 0 Å². The third-order valence-corrected chi connectivity index (χ3v) is 8.76. The van der Waals surface area contributed by atoms with Gasteiger partial charge in [0.2, 0.25) is 5.95 Å². The van der Waals surface area contributed by atoms with E-state index >= 15 is 0 Å². The molecular formula is C23H25ClN6OS. The van der Waals surface area contributed by atoms with Crippen molar-refractivity contribution in [2.75, 3.05) is 4.90 Å². The molecule has 2 fully saturated rings. The minimum Gasteiger partial charge on any atom is -0.345 e. The summed E-state index contributed by atoms with van der Waals surface area (Å²) < 4.78 is 2.65. The summed E-state index contributed by atoms with van der Waals surface area (Å²) in [5.74, 6) is 0.729. The highest BCUT2D eigenvalue weighted by molar-refractivity contribution is 7.19. The minimum absolute atomic E-state index is 0.0646. The molecule has 0 unspecified atom stereocenters. The van der Waals surface area contributed by atoms with Gasteiger partial charge < -0.3 is 15.6 Å². The summed E-state index contributed by atoms with van der Waals surface area (Å²) in [4.78, 5) is 28.7. The van der Waals surface area contributed by atoms with E-state index in [9.17, 15) is 4.79 Å². The molecule has 4 aromatic rings. The maximum Gasteiger partial charge on any atom is 0.264 e. The van der Waals surface area contributed by atoms with Crippen LogP contribution in [-0.4, -0.2) is 37.6 Å². The van der Waals surface area contributed by atoms with Crippen LogP contribution in [0.25, 0.3) is 32.4 Å². The molecule has 2 saturated heterocycles. The predicted molar refractivity (Wildman–Crippen MR) is 131 cm³/mol. The van der Waals surface area contributed by atoms with Gasteiger partial charge >= 0.3 is 0 Å². The number of rotatable bonds is 3. The quantitative estimate of drug-likeness (QED) is 0.469. The van der Waals surface area contributed by atoms with Crippen molar-refractivity contribution >= 4 is 50.1 Å². The Bertz CT molecular complexity index is 1410. The Morgan fingerprint density at radius 2 is 1.97 bits per heavy atom. The Morgan fingerprint density at radius 3 is 2.69 bits per heavy atom. The van der Waals surface area contributed by atoms with Crippen LogP contribution in [0, 0.1) is 0 Å². The standard InChI is InChI=1S/C23H25ClN6OS/c1-3-17-27-16-7-6-14(19(24)20(16)32-17)15-10-26-21-18(15)22(31)29(2)23(28-21)30-12-4-5-13(30)9-11(25)8-12/h6-7,10-13,26H,3-5,8-9,25H2,1-2H3/t11-,12+,13-. The summed E-state index contributed by atoms with van der Waals surface area (Å²) in [6, 6.07) is 4.87. The molecule has 3 N–H and O–H groups in total. The zero-order valence-corrected chi connectivity index (χ0v) is 19.6. The molecule has 6 rings (SSSR count). The van der Waals surface area contributed by atoms with E-state index in [1.165, 1.54) is 0 Å². The lowest BCUT2D eigenvalue weighted by atomic mass is 9.98. The van der Waals surface area contributed by atoms with Gasteiger partial charge in [0.15, 0.2) is 0 Å². The van der Waals surface area contributed by atoms with Crippen LogP contribution in [0.5, 0.6) is 0 Å². The molecule has 0 amide bonds. The predicted octanol–water partition coefficient (Wildman–Crippen LogP) is 4.21. The van der Waals surface area contributed by atoms with Crippen LogP contribution < -0.4 is 16.2 Å². The molecule has 2 aliphatic heterocycles. The van der Waals surface area contributed by atoms with E-state index in [0.29, 0.717) is 28.1 Å². The average molecular weight is 469 g/mol. The summed E-state index contributed by atoms with van der Waals surface area (Å²) in [6.45, 7) is 2.08. The molecule has 0 spiro atoms. The second kappa shape index (κ2) is 7.30. The van der Waals surface area contributed by atoms with Crippen LogP contribution in [-0.2, 0) is 13.5 Å². The van der Waals surface area contributed by atoms with E-state index in [4.69, 9.17) is 22.3 Å². The van der Waals surface area contributed by atoms with Gasteiger partial charge in [-0.3, -0.25) is 9.36 Å². The first-order chi connectivity index (χ1) is 15.5. The largest absolute Gasteiger partial charge is 0.345 e. The third-order valence-electron chi connectivity index (χ3n) is 7.02. The molecule has 2 bridgehead atoms. The first-order valence-corrected chi connectivity index (χ1v) is 12.4. The number of thiazole rings is 1. The molecule has 0 saturated carbocycles. The van der Waals surface area contributed by atoms with Crippen LogP contribution in [0.15, 0.2) is 23.1 Å². The van der Waals surface area contributed by atoms with Gasteiger partial charge in [0.05, 0.1) is 25.6 Å². The summed E-state index contributed by atoms with van der Waals surface area (Å²) in [5, 5.41) is 2.25. The molecule has 166 valence electrons. The highest BCUT2D eigenvalue weighted by atomic mass is 35.5. The van der Waals surface area contributed by atoms with E-state index < -0.39 is 0 Å². The summed E-state index contributed by atoms with van der Waals surface area (Å²) >= 11 is 8.42. The zero-order chi connectivity index (χ0) is 22.1. The number of nitrogens with two attached hydrogens (primary N) is 1. The zero-order valence-electron chi connectivity index (χ0n) is 18.1. The SMILES string of the molecule is CCc1nc2ccc(-c3c[nH]c4nc(N5[C@@H]6CC[C@H]5C[C@@H](N)C6)n(C)c(=O)c34)c(Cl)c2s1. The fourth-order valence-electron chi connectivity index (χ4n) is 5.50. The molecule has 5 heterocycles. The molecule has 7 nitrogen and oxygen atoms in total. The lowest BCUT2D eigenvalue weighted by Crippen LogP contribution is -2.49. The van der Waals surface area contributed by atoms with Gasteiger partial charge in [-0.15, -0.1) is 11.3 Å². The second-order valence-corrected chi connectivity index (χ2v) is 10.4. The van der Waals surface area contributed by atoms with Crippen molar-refractivity contribution in [1.82, 2.24) is 19.5 Å². The van der Waals surface area contributed by atoms with Crippen molar-refractivity contribution in [2.45, 2.75) is 57.2 Å². The van der Waals surface area contributed by atoms with Gasteiger partial charge in [-0.05, 0) is 38.2 Å². The van der Waals surface area contributed by atoms with Crippen molar-refractivity contribution < 1.29 is 0 Å². The lowest BCUT2D eigenvalue weighted by molar-refractivity contribution is 0.405. The monoisotopic (exact) mass is 468 g/mol. The first-order valence-electron chi connectivity index (χ1n) is 11.2. The second-order valence-electron chi connectivity index (χ2n) is 8.96. The van der Waals surface area contributed by atoms with Gasteiger partial charge in [0.1, 0.15) is 5.65 Å². The highest BCUT2D eigenvalue weighted by Gasteiger charge is 2.41. The van der Waals surface area contributed by atoms with Crippen molar-refractivity contribution in [3.8, 4) is 11.1 Å². The number of aromatic amines is 1. The number of anilines is 1. The van der Waals surface area contributed by atoms with Crippen LogP contribution in [0.3, 0.4) is 0 Å². The number of hydrogen-bond acceptors (Lipinski definition) is 6. The molecule has 9 heteroatoms. The van der Waals surface area contributed by atoms with Crippen LogP contribution >= 0.6 is 22.9 Å². The third kappa shape index (κ3) is 2.86. The maximum atomic E-state index is 13.6. The number of halogens is 1. The highest BCUT2D eigenvalue weighted by Crippen LogP contribution is 2.41. The molecule has 0 radical (unpaired) electrons. The first kappa shape index (κ1) is 20.2. The van der Waals surface area contributed by atoms with Crippen LogP contribution in [0.1, 0.15) is 37.6 Å². The Morgan fingerprint density at radius 1 is 1.22 bits per heavy atom. The molecular weight excluding hydrogens is 444 g/mol. The molecule has 3 aromatic heterocycles. The number of aryl methyl sites for hydroxylation is 1. The van der Waals surface area contributed by atoms with Crippen LogP contribution in [0.2, 0.25) is 5.02 Å². The molecule has 1 aromatic carbocycles. The molecule has 0 aliphatic carbocycles. The van der Waals surface area contributed by atoms with E-state index in [0.717, 1.165) is 64.4 Å². The Hall–Kier alpha value is -2.42. The number of nitrogens with zero attached hydrogens (tertiary/aromatic N) is 4. The Balaban J connectivity index is 1.50. The fraction of sp³-hybridized carbons (Fsp3) is 0.435. The minimum atomic E-state index is -0.0646. The van der Waals surface area contributed by atoms with Gasteiger partial charge in [0, 0.05) is 42.5 Å². The molecule has 2 aliphatic rings. The van der Waals surface area contributed by atoms with Crippen LogP contribution in [0.4, 0.5) is 5.95 Å². The van der Waals surface area contributed by atoms with E-state index in [1.54, 1.807) is 15.9 Å². The van der Waals surface area contributed by atoms with Gasteiger partial charge in [-0.1, -0.05) is 24.6 Å². The Labute approximate surface area is 194 Å². The number of piperidine rings is 1. The molecule has 3 atom stereocenters. The lowest BCUT2D eigenvalue weighted by Gasteiger charge is -2.38. The van der Waals surface area contributed by atoms with E-state index in [-0.39, 0.29) is 11.6 Å². The van der Waals surface area contributed by atoms with Gasteiger partial charge in [-0.2, -0.15) is 4.98 Å². The van der Waals surface area contributed by atoms with Gasteiger partial charge in [-0.25, -0.2) is 4.98 Å². The van der Waals surface area contributed by atoms with E-state index in [1.807, 2.05) is 25.4 Å². The number of aromatic nitrogens is 4. The molecule has 32 heavy (non-hydrogen) atoms. The number of benzene rings is 1. The summed E-state index contributed by atoms with van der Waals surface area (Å²) in [6.07, 6.45) is 6.82. The van der Waals surface area contributed by atoms with Gasteiger partial charge in [0.25, 0.3) is 5.56 Å². The van der Waals surface area contributed by atoms with Crippen molar-refractivity contribution in [3.05, 3.63) is 38.7 Å². The van der Waals surface area contributed by atoms with Crippen molar-refractivity contribution in [2.24, 2.45) is 12.8 Å². The van der Waals surface area contributed by atoms with Crippen molar-refractivity contribution in [3.63, 3.8) is 0 Å². The number of hydrogen-bond donors (Lipinski definition) is 2. The number of nitrogens with one attached hydrogen (secondary N) is 1. The Kier molecular flexibility index (Phi) is 4.61. The van der Waals surface area contributed by atoms with E-state index in [2.05, 4.69) is 21.8 Å². The smallest absolute Gasteiger partial charge is 0.264 e. The summed E-state index contributed by atoms with van der Waals surface area (Å²) in [7, 11) is 1.82. The fourth-order valence-corrected chi connectivity index (χ4v) is 6.82. The summed E-state index contributed by atoms with van der Waals surface area (Å²) in [5.41, 5.74) is 9.28. The normalized spacial score (nSPS) is 23.0. The number of fused-ring (bicyclic) bond motifs is 4. The number of H-pyrrole nitrogens is 1.